The first-order chi connectivity index (χ1) is 16.7. The minimum atomic E-state index is -1.56. The lowest BCUT2D eigenvalue weighted by Gasteiger charge is -2.46. The van der Waals surface area contributed by atoms with Crippen molar-refractivity contribution >= 4 is 34.4 Å². The minimum absolute atomic E-state index is 0.0290. The van der Waals surface area contributed by atoms with Gasteiger partial charge in [0.15, 0.2) is 0 Å². The molecule has 184 valence electrons. The second-order valence-corrected chi connectivity index (χ2v) is 10.0. The predicted molar refractivity (Wildman–Crippen MR) is 130 cm³/mol. The molecule has 0 saturated carbocycles. The Morgan fingerprint density at radius 3 is 2.80 bits per heavy atom. The lowest BCUT2D eigenvalue weighted by Crippen LogP contribution is -2.61. The van der Waals surface area contributed by atoms with Gasteiger partial charge < -0.3 is 19.7 Å². The van der Waals surface area contributed by atoms with Gasteiger partial charge in [-0.15, -0.1) is 0 Å². The van der Waals surface area contributed by atoms with Gasteiger partial charge in [0.2, 0.25) is 11.5 Å². The third kappa shape index (κ3) is 3.80. The molecule has 1 amide bonds. The summed E-state index contributed by atoms with van der Waals surface area (Å²) in [5.74, 6) is -2.18. The van der Waals surface area contributed by atoms with Crippen LogP contribution in [-0.4, -0.2) is 52.5 Å². The van der Waals surface area contributed by atoms with Crippen LogP contribution < -0.4 is 5.32 Å². The average Bonchev–Trinajstić information content (AvgIpc) is 3.20. The summed E-state index contributed by atoms with van der Waals surface area (Å²) in [6, 6.07) is 9.99. The van der Waals surface area contributed by atoms with Crippen molar-refractivity contribution in [2.24, 2.45) is 17.8 Å². The molecule has 3 aliphatic heterocycles. The van der Waals surface area contributed by atoms with Gasteiger partial charge in [0, 0.05) is 22.9 Å². The molecule has 1 saturated heterocycles. The largest absolute Gasteiger partial charge is 0.462 e. The number of hydrogen-bond acceptors (Lipinski definition) is 7. The topological polar surface area (TPSA) is 97.8 Å². The van der Waals surface area contributed by atoms with Gasteiger partial charge in [-0.3, -0.25) is 9.59 Å². The maximum absolute atomic E-state index is 13.6. The Bertz CT molecular complexity index is 1240. The summed E-state index contributed by atoms with van der Waals surface area (Å²) in [7, 11) is 0. The summed E-state index contributed by atoms with van der Waals surface area (Å²) >= 11 is 0. The molecular formula is C27H31N3O5. The van der Waals surface area contributed by atoms with E-state index < -0.39 is 29.4 Å². The highest BCUT2D eigenvalue weighted by Crippen LogP contribution is 2.47. The summed E-state index contributed by atoms with van der Waals surface area (Å²) in [6.07, 6.45) is 2.11. The van der Waals surface area contributed by atoms with Crippen LogP contribution in [0.3, 0.4) is 0 Å². The summed E-state index contributed by atoms with van der Waals surface area (Å²) in [5, 5.41) is 4.16. The SMILES string of the molecule is CC[C@@]1(OC(=O)CN[C@@H](C)C(C)C)C(=O)OCC2C(=O)N3Cc4cc5ccccc5nc4C3=CC21. The number of nitrogens with zero attached hydrogens (tertiary/aromatic N) is 2. The first-order valence-corrected chi connectivity index (χ1v) is 12.3. The molecule has 3 aliphatic rings. The van der Waals surface area contributed by atoms with Gasteiger partial charge in [0.1, 0.15) is 6.61 Å². The van der Waals surface area contributed by atoms with Crippen LogP contribution >= 0.6 is 0 Å². The summed E-state index contributed by atoms with van der Waals surface area (Å²) in [5.41, 5.74) is 1.65. The van der Waals surface area contributed by atoms with Crippen molar-refractivity contribution in [3.05, 3.63) is 47.7 Å². The number of ether oxygens (including phenoxy) is 2. The van der Waals surface area contributed by atoms with Gasteiger partial charge in [-0.2, -0.15) is 0 Å². The first-order valence-electron chi connectivity index (χ1n) is 12.3. The Morgan fingerprint density at radius 1 is 1.29 bits per heavy atom. The molecule has 1 fully saturated rings. The first kappa shape index (κ1) is 23.5. The van der Waals surface area contributed by atoms with E-state index in [4.69, 9.17) is 14.5 Å². The van der Waals surface area contributed by atoms with Crippen LogP contribution in [-0.2, 0) is 30.4 Å². The van der Waals surface area contributed by atoms with E-state index in [1.54, 1.807) is 11.8 Å². The summed E-state index contributed by atoms with van der Waals surface area (Å²) in [6.45, 7) is 8.25. The molecule has 4 atom stereocenters. The second-order valence-electron chi connectivity index (χ2n) is 10.0. The van der Waals surface area contributed by atoms with Crippen molar-refractivity contribution in [3.63, 3.8) is 0 Å². The highest BCUT2D eigenvalue weighted by Gasteiger charge is 2.59. The highest BCUT2D eigenvalue weighted by atomic mass is 16.6. The van der Waals surface area contributed by atoms with Crippen LogP contribution in [0.2, 0.25) is 0 Å². The van der Waals surface area contributed by atoms with Gasteiger partial charge >= 0.3 is 11.9 Å². The number of esters is 2. The molecule has 1 N–H and O–H groups in total. The maximum Gasteiger partial charge on any atom is 0.351 e. The maximum atomic E-state index is 13.6. The zero-order valence-corrected chi connectivity index (χ0v) is 20.5. The molecule has 35 heavy (non-hydrogen) atoms. The number of pyridine rings is 1. The average molecular weight is 478 g/mol. The monoisotopic (exact) mass is 477 g/mol. The van der Waals surface area contributed by atoms with E-state index in [0.29, 0.717) is 18.2 Å². The molecule has 8 nitrogen and oxygen atoms in total. The number of amides is 1. The molecule has 4 heterocycles. The lowest BCUT2D eigenvalue weighted by atomic mass is 9.72. The van der Waals surface area contributed by atoms with Crippen LogP contribution in [0.4, 0.5) is 0 Å². The molecule has 0 radical (unpaired) electrons. The normalized spacial score (nSPS) is 26.1. The number of fused-ring (bicyclic) bond motifs is 5. The molecule has 1 aromatic heterocycles. The van der Waals surface area contributed by atoms with Crippen LogP contribution in [0.25, 0.3) is 16.6 Å². The number of carbonyl (C=O) groups is 3. The Hall–Kier alpha value is -3.26. The molecule has 2 unspecified atom stereocenters. The van der Waals surface area contributed by atoms with Gasteiger partial charge in [-0.25, -0.2) is 9.78 Å². The third-order valence-electron chi connectivity index (χ3n) is 7.69. The Morgan fingerprint density at radius 2 is 2.06 bits per heavy atom. The number of nitrogens with one attached hydrogen (secondary N) is 1. The Balaban J connectivity index is 1.51. The van der Waals surface area contributed by atoms with E-state index >= 15 is 0 Å². The van der Waals surface area contributed by atoms with E-state index in [1.807, 2.05) is 37.3 Å². The molecule has 0 aliphatic carbocycles. The zero-order valence-electron chi connectivity index (χ0n) is 20.5. The molecule has 2 aromatic rings. The van der Waals surface area contributed by atoms with Gasteiger partial charge in [0.05, 0.1) is 35.9 Å². The number of benzene rings is 1. The smallest absolute Gasteiger partial charge is 0.351 e. The molecule has 0 bridgehead atoms. The highest BCUT2D eigenvalue weighted by molar-refractivity contribution is 5.97. The van der Waals surface area contributed by atoms with Gasteiger partial charge in [-0.1, -0.05) is 39.0 Å². The van der Waals surface area contributed by atoms with Crippen molar-refractivity contribution in [2.45, 2.75) is 52.3 Å². The Kier molecular flexibility index (Phi) is 5.87. The standard InChI is InChI=1S/C27H31N3O5/c1-5-27(35-23(31)12-28-16(4)15(2)3)20-11-22-24-18(10-17-8-6-7-9-21(17)29-24)13-30(22)25(32)19(20)14-34-26(27)33/h6-11,15-16,19-20,28H,5,12-14H2,1-4H3/t16-,19?,20?,27-/m0/s1. The van der Waals surface area contributed by atoms with Crippen molar-refractivity contribution in [1.29, 1.82) is 0 Å². The van der Waals surface area contributed by atoms with Crippen LogP contribution in [0.15, 0.2) is 36.4 Å². The Labute approximate surface area is 204 Å². The predicted octanol–water partition coefficient (Wildman–Crippen LogP) is 3.05. The van der Waals surface area contributed by atoms with E-state index in [-0.39, 0.29) is 31.5 Å². The third-order valence-corrected chi connectivity index (χ3v) is 7.69. The van der Waals surface area contributed by atoms with Crippen molar-refractivity contribution < 1.29 is 23.9 Å². The molecule has 5 rings (SSSR count). The lowest BCUT2D eigenvalue weighted by molar-refractivity contribution is -0.204. The van der Waals surface area contributed by atoms with Crippen molar-refractivity contribution in [1.82, 2.24) is 15.2 Å². The van der Waals surface area contributed by atoms with Gasteiger partial charge in [-0.05, 0) is 37.5 Å². The molecule has 1 aromatic carbocycles. The number of para-hydroxylation sites is 1. The number of cyclic esters (lactones) is 1. The fraction of sp³-hybridized carbons (Fsp3) is 0.481. The van der Waals surface area contributed by atoms with E-state index in [1.165, 1.54) is 0 Å². The fourth-order valence-electron chi connectivity index (χ4n) is 5.23. The van der Waals surface area contributed by atoms with Crippen LogP contribution in [0.5, 0.6) is 0 Å². The summed E-state index contributed by atoms with van der Waals surface area (Å²) in [4.78, 5) is 46.1. The van der Waals surface area contributed by atoms with Crippen LogP contribution in [0, 0.1) is 17.8 Å². The van der Waals surface area contributed by atoms with Crippen molar-refractivity contribution in [2.75, 3.05) is 13.2 Å². The van der Waals surface area contributed by atoms with Crippen molar-refractivity contribution in [3.8, 4) is 0 Å². The quantitative estimate of drug-likeness (QED) is 0.639. The minimum Gasteiger partial charge on any atom is -0.462 e. The summed E-state index contributed by atoms with van der Waals surface area (Å²) < 4.78 is 11.3. The molecule has 0 spiro atoms. The number of aromatic nitrogens is 1. The molecular weight excluding hydrogens is 446 g/mol. The number of rotatable bonds is 6. The second kappa shape index (κ2) is 8.75. The van der Waals surface area contributed by atoms with E-state index in [0.717, 1.165) is 22.2 Å². The number of carbonyl (C=O) groups excluding carboxylic acids is 3. The number of hydrogen-bond donors (Lipinski definition) is 1. The molecule has 8 heteroatoms. The van der Waals surface area contributed by atoms with E-state index in [2.05, 4.69) is 25.2 Å². The van der Waals surface area contributed by atoms with Crippen LogP contribution in [0.1, 0.15) is 45.4 Å². The van der Waals surface area contributed by atoms with E-state index in [9.17, 15) is 14.4 Å². The van der Waals surface area contributed by atoms with Gasteiger partial charge in [0.25, 0.3) is 0 Å². The fourth-order valence-corrected chi connectivity index (χ4v) is 5.23. The zero-order chi connectivity index (χ0) is 24.9.